The Labute approximate surface area is 158 Å². The maximum Gasteiger partial charge on any atom is 0.254 e. The summed E-state index contributed by atoms with van der Waals surface area (Å²) in [4.78, 5) is 12.6. The lowest BCUT2D eigenvalue weighted by Crippen LogP contribution is -2.30. The summed E-state index contributed by atoms with van der Waals surface area (Å²) < 4.78 is 7.40. The fraction of sp³-hybridized carbons (Fsp3) is 0.474. The number of anilines is 1. The number of nitrogens with zero attached hydrogens (tertiary/aromatic N) is 2. The van der Waals surface area contributed by atoms with E-state index in [0.29, 0.717) is 23.8 Å². The maximum atomic E-state index is 12.6. The number of aromatic nitrogens is 2. The van der Waals surface area contributed by atoms with Crippen molar-refractivity contribution in [3.63, 3.8) is 0 Å². The van der Waals surface area contributed by atoms with Gasteiger partial charge in [0, 0.05) is 23.0 Å². The van der Waals surface area contributed by atoms with Crippen molar-refractivity contribution in [1.29, 1.82) is 0 Å². The number of carbonyl (C=O) groups is 1. The van der Waals surface area contributed by atoms with Crippen LogP contribution in [0.1, 0.15) is 39.3 Å². The summed E-state index contributed by atoms with van der Waals surface area (Å²) in [6.07, 6.45) is 0.943. The second-order valence-corrected chi connectivity index (χ2v) is 8.04. The first-order valence-corrected chi connectivity index (χ1v) is 9.18. The molecule has 1 aliphatic heterocycles. The number of hydrogen-bond donors (Lipinski definition) is 2. The van der Waals surface area contributed by atoms with Gasteiger partial charge in [-0.15, -0.1) is 0 Å². The Morgan fingerprint density at radius 2 is 2.15 bits per heavy atom. The van der Waals surface area contributed by atoms with Gasteiger partial charge >= 0.3 is 0 Å². The van der Waals surface area contributed by atoms with Gasteiger partial charge in [-0.2, -0.15) is 5.10 Å². The van der Waals surface area contributed by atoms with Crippen molar-refractivity contribution >= 4 is 23.3 Å². The van der Waals surface area contributed by atoms with Gasteiger partial charge in [0.05, 0.1) is 17.5 Å². The smallest absolute Gasteiger partial charge is 0.254 e. The van der Waals surface area contributed by atoms with Gasteiger partial charge in [-0.25, -0.2) is 4.68 Å². The molecule has 2 heterocycles. The Morgan fingerprint density at radius 1 is 1.38 bits per heavy atom. The molecule has 1 aromatic carbocycles. The van der Waals surface area contributed by atoms with E-state index in [1.54, 1.807) is 10.7 Å². The number of nitrogens with one attached hydrogen (secondary N) is 1. The summed E-state index contributed by atoms with van der Waals surface area (Å²) in [7, 11) is 0. The van der Waals surface area contributed by atoms with Crippen LogP contribution in [0, 0.1) is 0 Å². The van der Waals surface area contributed by atoms with E-state index < -0.39 is 6.10 Å². The Bertz CT molecular complexity index is 797. The largest absolute Gasteiger partial charge is 0.364 e. The molecule has 0 spiro atoms. The third-order valence-corrected chi connectivity index (χ3v) is 4.68. The molecule has 26 heavy (non-hydrogen) atoms. The molecule has 1 fully saturated rings. The Hall–Kier alpha value is -1.89. The highest BCUT2D eigenvalue weighted by atomic mass is 35.5. The van der Waals surface area contributed by atoms with Crippen molar-refractivity contribution in [3.8, 4) is 5.69 Å². The van der Waals surface area contributed by atoms with Crippen LogP contribution < -0.4 is 11.1 Å². The number of carbonyl (C=O) groups excluding carboxylic acids is 1. The van der Waals surface area contributed by atoms with Gasteiger partial charge in [0.25, 0.3) is 5.91 Å². The molecule has 1 aliphatic rings. The highest BCUT2D eigenvalue weighted by Crippen LogP contribution is 2.28. The quantitative estimate of drug-likeness (QED) is 0.857. The molecule has 6 nitrogen and oxygen atoms in total. The zero-order valence-corrected chi connectivity index (χ0v) is 16.1. The summed E-state index contributed by atoms with van der Waals surface area (Å²) in [5.74, 6) is 0.423. The minimum Gasteiger partial charge on any atom is -0.364 e. The van der Waals surface area contributed by atoms with Crippen LogP contribution in [0.4, 0.5) is 5.82 Å². The van der Waals surface area contributed by atoms with Crippen molar-refractivity contribution in [2.75, 3.05) is 11.9 Å². The lowest BCUT2D eigenvalue weighted by molar-refractivity contribution is -0.126. The molecule has 7 heteroatoms. The van der Waals surface area contributed by atoms with Crippen molar-refractivity contribution in [3.05, 3.63) is 41.0 Å². The van der Waals surface area contributed by atoms with Crippen molar-refractivity contribution in [1.82, 2.24) is 9.78 Å². The second kappa shape index (κ2) is 7.39. The summed E-state index contributed by atoms with van der Waals surface area (Å²) in [6, 6.07) is 9.27. The number of benzene rings is 1. The third-order valence-electron chi connectivity index (χ3n) is 4.44. The molecule has 140 valence electrons. The molecule has 1 saturated heterocycles. The molecule has 0 saturated carbocycles. The van der Waals surface area contributed by atoms with E-state index in [0.717, 1.165) is 17.8 Å². The molecule has 2 atom stereocenters. The topological polar surface area (TPSA) is 82.2 Å². The van der Waals surface area contributed by atoms with Crippen molar-refractivity contribution in [2.24, 2.45) is 5.73 Å². The molecule has 1 amide bonds. The Kier molecular flexibility index (Phi) is 5.37. The molecule has 1 aromatic heterocycles. The zero-order valence-electron chi connectivity index (χ0n) is 15.3. The van der Waals surface area contributed by atoms with Gasteiger partial charge < -0.3 is 15.8 Å². The van der Waals surface area contributed by atoms with Gasteiger partial charge in [-0.3, -0.25) is 4.79 Å². The first-order valence-electron chi connectivity index (χ1n) is 8.81. The monoisotopic (exact) mass is 376 g/mol. The van der Waals surface area contributed by atoms with Crippen molar-refractivity contribution in [2.45, 2.75) is 51.2 Å². The molecular formula is C19H25ClN4O2. The fourth-order valence-corrected chi connectivity index (χ4v) is 3.10. The average Bonchev–Trinajstić information content (AvgIpc) is 3.21. The number of hydrogen-bond acceptors (Lipinski definition) is 4. The minimum absolute atomic E-state index is 0.0475. The second-order valence-electron chi connectivity index (χ2n) is 7.61. The molecule has 0 radical (unpaired) electrons. The first-order chi connectivity index (χ1) is 12.3. The van der Waals surface area contributed by atoms with Crippen LogP contribution in [0.3, 0.4) is 0 Å². The SMILES string of the molecule is CC(C)(C)c1cc(NC(=O)[C@@H]2CC[C@H](CN)O2)n(-c2cccc(Cl)c2)n1. The number of amides is 1. The zero-order chi connectivity index (χ0) is 18.9. The van der Waals surface area contributed by atoms with E-state index in [-0.39, 0.29) is 17.4 Å². The van der Waals surface area contributed by atoms with Gasteiger partial charge in [0.1, 0.15) is 11.9 Å². The van der Waals surface area contributed by atoms with Gasteiger partial charge in [0.2, 0.25) is 0 Å². The number of rotatable bonds is 4. The van der Waals surface area contributed by atoms with Gasteiger partial charge in [-0.05, 0) is 31.0 Å². The van der Waals surface area contributed by atoms with Crippen LogP contribution in [0.2, 0.25) is 5.02 Å². The summed E-state index contributed by atoms with van der Waals surface area (Å²) >= 11 is 6.12. The van der Waals surface area contributed by atoms with E-state index in [1.165, 1.54) is 0 Å². The molecule has 0 aliphatic carbocycles. The maximum absolute atomic E-state index is 12.6. The highest BCUT2D eigenvalue weighted by molar-refractivity contribution is 6.30. The normalized spacial score (nSPS) is 20.3. The Balaban J connectivity index is 1.90. The first kappa shape index (κ1) is 18.9. The lowest BCUT2D eigenvalue weighted by Gasteiger charge is -2.14. The van der Waals surface area contributed by atoms with Crippen molar-refractivity contribution < 1.29 is 9.53 Å². The molecule has 3 N–H and O–H groups in total. The molecule has 0 unspecified atom stereocenters. The Morgan fingerprint density at radius 3 is 2.77 bits per heavy atom. The third kappa shape index (κ3) is 4.09. The average molecular weight is 377 g/mol. The van der Waals surface area contributed by atoms with E-state index in [2.05, 4.69) is 31.2 Å². The molecule has 0 bridgehead atoms. The number of nitrogens with two attached hydrogens (primary N) is 1. The van der Waals surface area contributed by atoms with Crippen LogP contribution in [-0.4, -0.2) is 34.4 Å². The van der Waals surface area contributed by atoms with E-state index in [4.69, 9.17) is 22.1 Å². The van der Waals surface area contributed by atoms with Crippen LogP contribution in [0.5, 0.6) is 0 Å². The van der Waals surface area contributed by atoms with Crippen LogP contribution in [-0.2, 0) is 14.9 Å². The van der Waals surface area contributed by atoms with Gasteiger partial charge in [0.15, 0.2) is 0 Å². The molecule has 2 aromatic rings. The van der Waals surface area contributed by atoms with Gasteiger partial charge in [-0.1, -0.05) is 38.4 Å². The highest BCUT2D eigenvalue weighted by Gasteiger charge is 2.31. The number of halogens is 1. The molecular weight excluding hydrogens is 352 g/mol. The van der Waals surface area contributed by atoms with Crippen LogP contribution >= 0.6 is 11.6 Å². The van der Waals surface area contributed by atoms with E-state index in [9.17, 15) is 4.79 Å². The minimum atomic E-state index is -0.482. The summed E-state index contributed by atoms with van der Waals surface area (Å²) in [6.45, 7) is 6.66. The van der Waals surface area contributed by atoms with E-state index >= 15 is 0 Å². The van der Waals surface area contributed by atoms with Crippen LogP contribution in [0.25, 0.3) is 5.69 Å². The number of ether oxygens (including phenoxy) is 1. The summed E-state index contributed by atoms with van der Waals surface area (Å²) in [5.41, 5.74) is 7.14. The molecule has 3 rings (SSSR count). The van der Waals surface area contributed by atoms with Crippen LogP contribution in [0.15, 0.2) is 30.3 Å². The van der Waals surface area contributed by atoms with E-state index in [1.807, 2.05) is 24.3 Å². The standard InChI is InChI=1S/C19H25ClN4O2/c1-19(2,3)16-10-17(22-18(25)15-8-7-14(11-21)26-15)24(23-16)13-6-4-5-12(20)9-13/h4-6,9-10,14-15H,7-8,11,21H2,1-3H3,(H,22,25)/t14-,15+/m1/s1. The predicted molar refractivity (Wildman–Crippen MR) is 103 cm³/mol. The lowest BCUT2D eigenvalue weighted by atomic mass is 9.92. The predicted octanol–water partition coefficient (Wildman–Crippen LogP) is 3.27. The fourth-order valence-electron chi connectivity index (χ4n) is 2.92. The summed E-state index contributed by atoms with van der Waals surface area (Å²) in [5, 5.41) is 8.26.